The van der Waals surface area contributed by atoms with Crippen molar-refractivity contribution >= 4 is 29.6 Å². The van der Waals surface area contributed by atoms with Gasteiger partial charge in [0, 0.05) is 18.8 Å². The molecule has 1 heterocycles. The van der Waals surface area contributed by atoms with Crippen molar-refractivity contribution in [3.63, 3.8) is 0 Å². The molecule has 0 spiro atoms. The first-order valence-electron chi connectivity index (χ1n) is 12.8. The second kappa shape index (κ2) is 15.6. The topological polar surface area (TPSA) is 145 Å². The minimum atomic E-state index is -1.07. The van der Waals surface area contributed by atoms with Crippen molar-refractivity contribution in [3.8, 4) is 0 Å². The molecule has 1 rings (SSSR count). The number of esters is 1. The lowest BCUT2D eigenvalue weighted by molar-refractivity contribution is -0.141. The molecule has 0 aliphatic carbocycles. The molecule has 0 bridgehead atoms. The first-order chi connectivity index (χ1) is 17.7. The summed E-state index contributed by atoms with van der Waals surface area (Å²) < 4.78 is 11.5. The van der Waals surface area contributed by atoms with Crippen molar-refractivity contribution < 1.29 is 28.7 Å². The van der Waals surface area contributed by atoms with Crippen LogP contribution in [0.1, 0.15) is 67.7 Å². The highest BCUT2D eigenvalue weighted by atomic mass is 16.6. The normalized spacial score (nSPS) is 12.3. The highest BCUT2D eigenvalue weighted by Crippen LogP contribution is 2.10. The molecule has 0 fully saturated rings. The van der Waals surface area contributed by atoms with Gasteiger partial charge in [0.15, 0.2) is 0 Å². The quantitative estimate of drug-likeness (QED) is 0.260. The number of carbonyl (C=O) groups excluding carboxylic acids is 4. The molecule has 11 nitrogen and oxygen atoms in total. The molecule has 0 unspecified atom stereocenters. The van der Waals surface area contributed by atoms with Crippen LogP contribution >= 0.6 is 0 Å². The van der Waals surface area contributed by atoms with Crippen LogP contribution in [-0.4, -0.2) is 52.7 Å². The van der Waals surface area contributed by atoms with E-state index in [9.17, 15) is 24.0 Å². The Kier molecular flexibility index (Phi) is 13.3. The fourth-order valence-corrected chi connectivity index (χ4v) is 3.12. The summed E-state index contributed by atoms with van der Waals surface area (Å²) in [5.74, 6) is -1.05. The number of ether oxygens (including phenoxy) is 2. The molecule has 38 heavy (non-hydrogen) atoms. The number of hydrogen-bond donors (Lipinski definition) is 3. The summed E-state index contributed by atoms with van der Waals surface area (Å²) in [6.45, 7) is 12.9. The number of aromatic nitrogens is 1. The summed E-state index contributed by atoms with van der Waals surface area (Å²) in [5.41, 5.74) is -1.39. The van der Waals surface area contributed by atoms with Crippen LogP contribution in [0.5, 0.6) is 0 Å². The van der Waals surface area contributed by atoms with Crippen molar-refractivity contribution in [1.29, 1.82) is 0 Å². The van der Waals surface area contributed by atoms with Crippen LogP contribution in [0.2, 0.25) is 0 Å². The van der Waals surface area contributed by atoms with E-state index in [2.05, 4.69) is 16.0 Å². The molecular formula is C27H42N4O7. The maximum absolute atomic E-state index is 13.1. The van der Waals surface area contributed by atoms with Gasteiger partial charge in [0.05, 0.1) is 6.10 Å². The largest absolute Gasteiger partial charge is 0.460 e. The lowest BCUT2D eigenvalue weighted by atomic mass is 10.1. The Labute approximate surface area is 224 Å². The van der Waals surface area contributed by atoms with Gasteiger partial charge in [0.25, 0.3) is 5.56 Å². The molecule has 1 aromatic heterocycles. The van der Waals surface area contributed by atoms with Gasteiger partial charge in [-0.1, -0.05) is 19.9 Å². The van der Waals surface area contributed by atoms with Crippen molar-refractivity contribution in [2.75, 3.05) is 11.9 Å². The Balaban J connectivity index is 2.94. The van der Waals surface area contributed by atoms with E-state index in [4.69, 9.17) is 9.47 Å². The van der Waals surface area contributed by atoms with Gasteiger partial charge >= 0.3 is 12.1 Å². The highest BCUT2D eigenvalue weighted by Gasteiger charge is 2.25. The Morgan fingerprint density at radius 1 is 1.08 bits per heavy atom. The van der Waals surface area contributed by atoms with E-state index in [1.807, 2.05) is 13.8 Å². The van der Waals surface area contributed by atoms with E-state index in [-0.39, 0.29) is 37.1 Å². The minimum Gasteiger partial charge on any atom is -0.460 e. The Hall–Kier alpha value is -3.63. The van der Waals surface area contributed by atoms with Gasteiger partial charge in [0.2, 0.25) is 11.8 Å². The zero-order valence-electron chi connectivity index (χ0n) is 23.5. The van der Waals surface area contributed by atoms with Crippen LogP contribution < -0.4 is 21.5 Å². The van der Waals surface area contributed by atoms with E-state index < -0.39 is 35.2 Å². The summed E-state index contributed by atoms with van der Waals surface area (Å²) in [6, 6.07) is 1.89. The van der Waals surface area contributed by atoms with Crippen LogP contribution in [-0.2, 0) is 30.4 Å². The van der Waals surface area contributed by atoms with E-state index >= 15 is 0 Å². The molecule has 0 radical (unpaired) electrons. The van der Waals surface area contributed by atoms with E-state index in [0.717, 1.165) is 6.42 Å². The van der Waals surface area contributed by atoms with Gasteiger partial charge in [-0.25, -0.2) is 9.59 Å². The maximum atomic E-state index is 13.1. The number of pyridine rings is 1. The predicted octanol–water partition coefficient (Wildman–Crippen LogP) is 3.13. The smallest absolute Gasteiger partial charge is 0.408 e. The summed E-state index contributed by atoms with van der Waals surface area (Å²) in [5, 5.41) is 7.82. The summed E-state index contributed by atoms with van der Waals surface area (Å²) in [6.07, 6.45) is 4.38. The fraction of sp³-hybridized carbons (Fsp3) is 0.593. The standard InChI is InChI=1S/C27H42N4O7/c1-18(2)14-15-28-22(32)17-31-16-10-12-21(25(31)35)29-24(34)20(30-26(36)38-27(5,6)7)11-8-9-13-23(33)37-19(3)4/h9-10,12-13,16,18-20H,8,11,14-15,17H2,1-7H3,(H,28,32)(H,29,34)(H,30,36)/b13-9+/t20-/m0/s1. The van der Waals surface area contributed by atoms with Crippen LogP contribution in [0, 0.1) is 5.92 Å². The minimum absolute atomic E-state index is 0.0421. The first kappa shape index (κ1) is 32.4. The summed E-state index contributed by atoms with van der Waals surface area (Å²) in [4.78, 5) is 62.2. The monoisotopic (exact) mass is 534 g/mol. The average Bonchev–Trinajstić information content (AvgIpc) is 2.76. The number of rotatable bonds is 13. The number of alkyl carbamates (subject to hydrolysis) is 1. The molecule has 0 aliphatic rings. The second-order valence-corrected chi connectivity index (χ2v) is 10.5. The fourth-order valence-electron chi connectivity index (χ4n) is 3.12. The molecule has 0 saturated heterocycles. The van der Waals surface area contributed by atoms with Crippen molar-refractivity contribution in [2.45, 2.75) is 92.0 Å². The van der Waals surface area contributed by atoms with E-state index in [0.29, 0.717) is 12.5 Å². The number of hydrogen-bond acceptors (Lipinski definition) is 7. The van der Waals surface area contributed by atoms with Crippen LogP contribution in [0.4, 0.5) is 10.5 Å². The molecular weight excluding hydrogens is 492 g/mol. The number of amides is 3. The zero-order valence-corrected chi connectivity index (χ0v) is 23.5. The van der Waals surface area contributed by atoms with Gasteiger partial charge in [-0.3, -0.25) is 14.4 Å². The van der Waals surface area contributed by atoms with Gasteiger partial charge in [0.1, 0.15) is 23.9 Å². The third-order valence-electron chi connectivity index (χ3n) is 4.87. The maximum Gasteiger partial charge on any atom is 0.408 e. The number of anilines is 1. The molecule has 0 aliphatic heterocycles. The van der Waals surface area contributed by atoms with Gasteiger partial charge in [-0.05, 0) is 71.9 Å². The molecule has 212 valence electrons. The molecule has 1 aromatic rings. The average molecular weight is 535 g/mol. The Morgan fingerprint density at radius 3 is 2.37 bits per heavy atom. The highest BCUT2D eigenvalue weighted by molar-refractivity contribution is 5.96. The first-order valence-corrected chi connectivity index (χ1v) is 12.8. The third-order valence-corrected chi connectivity index (χ3v) is 4.87. The van der Waals surface area contributed by atoms with Gasteiger partial charge in [-0.2, -0.15) is 0 Å². The van der Waals surface area contributed by atoms with Gasteiger partial charge < -0.3 is 30.0 Å². The SMILES string of the molecule is CC(C)CCNC(=O)Cn1cccc(NC(=O)[C@H](CC/C=C/C(=O)OC(C)C)NC(=O)OC(C)(C)C)c1=O. The van der Waals surface area contributed by atoms with Crippen molar-refractivity contribution in [3.05, 3.63) is 40.8 Å². The number of allylic oxidation sites excluding steroid dienone is 1. The van der Waals surface area contributed by atoms with Crippen LogP contribution in [0.25, 0.3) is 0 Å². The molecule has 0 saturated carbocycles. The molecule has 1 atom stereocenters. The summed E-state index contributed by atoms with van der Waals surface area (Å²) >= 11 is 0. The second-order valence-electron chi connectivity index (χ2n) is 10.5. The Morgan fingerprint density at radius 2 is 1.76 bits per heavy atom. The van der Waals surface area contributed by atoms with Crippen LogP contribution in [0.15, 0.2) is 35.3 Å². The van der Waals surface area contributed by atoms with Gasteiger partial charge in [-0.15, -0.1) is 0 Å². The molecule has 3 N–H and O–H groups in total. The lowest BCUT2D eigenvalue weighted by Crippen LogP contribution is -2.46. The number of carbonyl (C=O) groups is 4. The molecule has 0 aromatic carbocycles. The summed E-state index contributed by atoms with van der Waals surface area (Å²) in [7, 11) is 0. The van der Waals surface area contributed by atoms with Crippen molar-refractivity contribution in [2.24, 2.45) is 5.92 Å². The van der Waals surface area contributed by atoms with E-state index in [1.165, 1.54) is 35.0 Å². The zero-order chi connectivity index (χ0) is 28.9. The Bertz CT molecular complexity index is 1040. The predicted molar refractivity (Wildman–Crippen MR) is 145 cm³/mol. The molecule has 11 heteroatoms. The molecule has 3 amide bonds. The van der Waals surface area contributed by atoms with E-state index in [1.54, 1.807) is 34.6 Å². The van der Waals surface area contributed by atoms with Crippen molar-refractivity contribution in [1.82, 2.24) is 15.2 Å². The number of nitrogens with one attached hydrogen (secondary N) is 3. The van der Waals surface area contributed by atoms with Crippen LogP contribution in [0.3, 0.4) is 0 Å². The number of nitrogens with zero attached hydrogens (tertiary/aromatic N) is 1. The lowest BCUT2D eigenvalue weighted by Gasteiger charge is -2.23. The third kappa shape index (κ3) is 13.6.